The van der Waals surface area contributed by atoms with E-state index in [0.29, 0.717) is 17.5 Å². The Morgan fingerprint density at radius 2 is 1.04 bits per heavy atom. The minimum absolute atomic E-state index is 0.0742. The van der Waals surface area contributed by atoms with Crippen LogP contribution in [-0.2, 0) is 5.41 Å². The third kappa shape index (κ3) is 5.37. The molecule has 1 aliphatic heterocycles. The number of aromatic nitrogens is 4. The number of fused-ring (bicyclic) bond motifs is 4. The van der Waals surface area contributed by atoms with E-state index in [2.05, 4.69) is 139 Å². The van der Waals surface area contributed by atoms with Crippen molar-refractivity contribution in [1.82, 2.24) is 19.5 Å². The maximum absolute atomic E-state index is 5.07. The molecule has 2 aliphatic rings. The monoisotopic (exact) mass is 681 g/mol. The molecule has 0 atom stereocenters. The average Bonchev–Trinajstić information content (AvgIpc) is 3.71. The van der Waals surface area contributed by atoms with Crippen molar-refractivity contribution in [3.63, 3.8) is 0 Å². The quantitative estimate of drug-likeness (QED) is 0.181. The maximum Gasteiger partial charge on any atom is 0.164 e. The highest BCUT2D eigenvalue weighted by Gasteiger charge is 2.30. The molecule has 10 rings (SSSR count). The van der Waals surface area contributed by atoms with Crippen LogP contribution in [0.2, 0.25) is 0 Å². The van der Waals surface area contributed by atoms with Crippen molar-refractivity contribution in [1.29, 1.82) is 0 Å². The summed E-state index contributed by atoms with van der Waals surface area (Å²) in [5.74, 6) is 1.91. The second kappa shape index (κ2) is 12.1. The molecular formula is C48H35N5. The van der Waals surface area contributed by atoms with E-state index >= 15 is 0 Å². The van der Waals surface area contributed by atoms with Crippen molar-refractivity contribution in [2.24, 2.45) is 0 Å². The Balaban J connectivity index is 1.19. The average molecular weight is 682 g/mol. The number of hydrogen-bond acceptors (Lipinski definition) is 4. The van der Waals surface area contributed by atoms with Gasteiger partial charge < -0.3 is 9.47 Å². The van der Waals surface area contributed by atoms with Crippen LogP contribution in [0.25, 0.3) is 69.0 Å². The Bertz CT molecular complexity index is 2680. The number of hydrogen-bond donors (Lipinski definition) is 0. The smallest absolute Gasteiger partial charge is 0.164 e. The summed E-state index contributed by atoms with van der Waals surface area (Å²) in [5, 5.41) is 1.19. The van der Waals surface area contributed by atoms with E-state index in [9.17, 15) is 0 Å². The van der Waals surface area contributed by atoms with E-state index in [0.717, 1.165) is 50.5 Å². The molecule has 2 aromatic heterocycles. The van der Waals surface area contributed by atoms with E-state index in [1.165, 1.54) is 22.1 Å². The first-order chi connectivity index (χ1) is 26.0. The fraction of sp³-hybridized carbons (Fsp3) is 0.0625. The first-order valence-corrected chi connectivity index (χ1v) is 18.0. The van der Waals surface area contributed by atoms with E-state index in [4.69, 9.17) is 15.0 Å². The first kappa shape index (κ1) is 30.9. The summed E-state index contributed by atoms with van der Waals surface area (Å²) < 4.78 is 2.27. The van der Waals surface area contributed by atoms with Crippen LogP contribution in [0.1, 0.15) is 36.1 Å². The van der Waals surface area contributed by atoms with Crippen molar-refractivity contribution >= 4 is 46.2 Å². The van der Waals surface area contributed by atoms with Crippen molar-refractivity contribution < 1.29 is 0 Å². The number of para-hydroxylation sites is 1. The highest BCUT2D eigenvalue weighted by Crippen LogP contribution is 2.48. The number of nitrogens with zero attached hydrogens (tertiary/aromatic N) is 5. The highest BCUT2D eigenvalue weighted by molar-refractivity contribution is 6.00. The summed E-state index contributed by atoms with van der Waals surface area (Å²) in [5.41, 5.74) is 13.2. The second-order valence-electron chi connectivity index (χ2n) is 14.3. The first-order valence-electron chi connectivity index (χ1n) is 18.0. The molecule has 0 N–H and O–H groups in total. The molecule has 0 amide bonds. The summed E-state index contributed by atoms with van der Waals surface area (Å²) in [4.78, 5) is 17.5. The van der Waals surface area contributed by atoms with Crippen LogP contribution in [0.3, 0.4) is 0 Å². The lowest BCUT2D eigenvalue weighted by atomic mass is 9.86. The van der Waals surface area contributed by atoms with E-state index in [1.54, 1.807) is 0 Å². The van der Waals surface area contributed by atoms with Gasteiger partial charge in [0.25, 0.3) is 0 Å². The molecule has 0 saturated heterocycles. The van der Waals surface area contributed by atoms with Crippen molar-refractivity contribution in [2.75, 3.05) is 4.90 Å². The van der Waals surface area contributed by atoms with Gasteiger partial charge in [-0.3, -0.25) is 0 Å². The lowest BCUT2D eigenvalue weighted by Crippen LogP contribution is -2.16. The third-order valence-electron chi connectivity index (χ3n) is 10.4. The molecule has 0 radical (unpaired) electrons. The van der Waals surface area contributed by atoms with Crippen LogP contribution in [0.5, 0.6) is 0 Å². The molecule has 6 aromatic carbocycles. The Morgan fingerprint density at radius 1 is 0.472 bits per heavy atom. The minimum Gasteiger partial charge on any atom is -0.316 e. The van der Waals surface area contributed by atoms with Gasteiger partial charge in [0.1, 0.15) is 0 Å². The van der Waals surface area contributed by atoms with Crippen LogP contribution in [-0.4, -0.2) is 19.5 Å². The number of allylic oxidation sites excluding steroid dienone is 1. The fourth-order valence-corrected chi connectivity index (χ4v) is 7.67. The molecule has 0 saturated carbocycles. The summed E-state index contributed by atoms with van der Waals surface area (Å²) in [6, 6.07) is 51.0. The van der Waals surface area contributed by atoms with E-state index in [-0.39, 0.29) is 5.41 Å². The van der Waals surface area contributed by atoms with Gasteiger partial charge >= 0.3 is 0 Å². The molecule has 252 valence electrons. The molecule has 53 heavy (non-hydrogen) atoms. The topological polar surface area (TPSA) is 46.8 Å². The van der Waals surface area contributed by atoms with Gasteiger partial charge in [0.05, 0.1) is 16.9 Å². The van der Waals surface area contributed by atoms with Gasteiger partial charge in [0.2, 0.25) is 0 Å². The van der Waals surface area contributed by atoms with Crippen molar-refractivity contribution in [3.8, 4) is 39.9 Å². The normalized spacial score (nSPS) is 13.8. The lowest BCUT2D eigenvalue weighted by molar-refractivity contribution is 0.683. The minimum atomic E-state index is -0.0742. The molecule has 0 spiro atoms. The molecule has 5 heteroatoms. The van der Waals surface area contributed by atoms with Gasteiger partial charge in [-0.1, -0.05) is 129 Å². The predicted octanol–water partition coefficient (Wildman–Crippen LogP) is 12.1. The van der Waals surface area contributed by atoms with Gasteiger partial charge in [-0.05, 0) is 76.9 Å². The van der Waals surface area contributed by atoms with Gasteiger partial charge in [-0.25, -0.2) is 15.0 Å². The standard InChI is InChI=1S/C48H35N5/c1-48(2)25-23-34-27-35-21-22-36-28-37-24-26-52(39-18-10-5-11-19-39)42(37)31-44(36)53(43(35)30-41(34)48)40-20-12-17-38(29-40)47-50-45(32-13-6-3-7-14-32)49-46(51-47)33-15-8-4-9-16-33/h3-31H,1-2H3. The number of benzene rings is 6. The molecule has 8 aromatic rings. The van der Waals surface area contributed by atoms with E-state index in [1.807, 2.05) is 60.7 Å². The highest BCUT2D eigenvalue weighted by atomic mass is 15.2. The van der Waals surface area contributed by atoms with Crippen LogP contribution < -0.4 is 4.90 Å². The zero-order valence-corrected chi connectivity index (χ0v) is 29.5. The lowest BCUT2D eigenvalue weighted by Gasteiger charge is -2.30. The Labute approximate surface area is 308 Å². The van der Waals surface area contributed by atoms with Gasteiger partial charge in [-0.2, -0.15) is 0 Å². The Hall–Kier alpha value is -6.85. The molecule has 1 aliphatic carbocycles. The molecule has 0 bridgehead atoms. The summed E-state index contributed by atoms with van der Waals surface area (Å²) in [6.45, 7) is 4.58. The summed E-state index contributed by atoms with van der Waals surface area (Å²) >= 11 is 0. The predicted molar refractivity (Wildman–Crippen MR) is 219 cm³/mol. The van der Waals surface area contributed by atoms with E-state index < -0.39 is 0 Å². The van der Waals surface area contributed by atoms with Gasteiger partial charge in [-0.15, -0.1) is 0 Å². The van der Waals surface area contributed by atoms with Crippen LogP contribution in [0, 0.1) is 0 Å². The third-order valence-corrected chi connectivity index (χ3v) is 10.4. The number of rotatable bonds is 5. The Kier molecular flexibility index (Phi) is 7.08. The van der Waals surface area contributed by atoms with Crippen molar-refractivity contribution in [3.05, 3.63) is 180 Å². The summed E-state index contributed by atoms with van der Waals surface area (Å²) in [6.07, 6.45) is 11.3. The molecule has 0 fully saturated rings. The SMILES string of the molecule is CC1(C)C=Cc2cc3c(cc21)N(c1cccc(-c2nc(-c4ccccc4)nc(-c4ccccc4)n2)c1)c1cc2c(ccn2-c2ccccc2)cc1C=C3. The molecule has 0 unspecified atom stereocenters. The molecule has 5 nitrogen and oxygen atoms in total. The summed E-state index contributed by atoms with van der Waals surface area (Å²) in [7, 11) is 0. The van der Waals surface area contributed by atoms with Gasteiger partial charge in [0.15, 0.2) is 17.5 Å². The number of anilines is 3. The molecule has 3 heterocycles. The maximum atomic E-state index is 5.07. The molecular weight excluding hydrogens is 647 g/mol. The van der Waals surface area contributed by atoms with Crippen LogP contribution in [0.15, 0.2) is 158 Å². The second-order valence-corrected chi connectivity index (χ2v) is 14.3. The largest absolute Gasteiger partial charge is 0.316 e. The Morgan fingerprint density at radius 3 is 1.72 bits per heavy atom. The zero-order chi connectivity index (χ0) is 35.5. The fourth-order valence-electron chi connectivity index (χ4n) is 7.67. The van der Waals surface area contributed by atoms with Crippen LogP contribution >= 0.6 is 0 Å². The van der Waals surface area contributed by atoms with Crippen LogP contribution in [0.4, 0.5) is 17.1 Å². The van der Waals surface area contributed by atoms with Gasteiger partial charge in [0, 0.05) is 45.1 Å². The zero-order valence-electron chi connectivity index (χ0n) is 29.5. The van der Waals surface area contributed by atoms with Crippen molar-refractivity contribution in [2.45, 2.75) is 19.3 Å².